The molecular weight excluding hydrogens is 321 g/mol. The van der Waals surface area contributed by atoms with Crippen LogP contribution in [0.2, 0.25) is 0 Å². The van der Waals surface area contributed by atoms with Gasteiger partial charge in [-0.25, -0.2) is 4.39 Å². The molecule has 0 fully saturated rings. The number of hydrogen-bond acceptors (Lipinski definition) is 2. The Bertz CT molecular complexity index is 659. The van der Waals surface area contributed by atoms with Gasteiger partial charge in [0.15, 0.2) is 0 Å². The van der Waals surface area contributed by atoms with Gasteiger partial charge in [0.1, 0.15) is 17.7 Å². The number of ether oxygens (including phenoxy) is 1. The lowest BCUT2D eigenvalue weighted by Gasteiger charge is -2.31. The van der Waals surface area contributed by atoms with E-state index in [4.69, 9.17) is 10.5 Å². The second-order valence-electron chi connectivity index (χ2n) is 5.13. The Morgan fingerprint density at radius 2 is 2.00 bits per heavy atom. The molecule has 0 aromatic heterocycles. The van der Waals surface area contributed by atoms with Crippen LogP contribution >= 0.6 is 15.9 Å². The van der Waals surface area contributed by atoms with Crippen molar-refractivity contribution in [1.82, 2.24) is 0 Å². The maximum absolute atomic E-state index is 13.2. The summed E-state index contributed by atoms with van der Waals surface area (Å²) in [4.78, 5) is 0. The summed E-state index contributed by atoms with van der Waals surface area (Å²) in [6.45, 7) is 1.89. The van der Waals surface area contributed by atoms with Crippen LogP contribution in [0.3, 0.4) is 0 Å². The normalized spacial score (nSPS) is 21.2. The molecular formula is C16H15BrFNO. The Morgan fingerprint density at radius 1 is 1.20 bits per heavy atom. The highest BCUT2D eigenvalue weighted by atomic mass is 79.9. The zero-order valence-electron chi connectivity index (χ0n) is 11.1. The number of benzene rings is 2. The van der Waals surface area contributed by atoms with Gasteiger partial charge in [-0.3, -0.25) is 0 Å². The second kappa shape index (κ2) is 5.19. The summed E-state index contributed by atoms with van der Waals surface area (Å²) in [5, 5.41) is 0. The second-order valence-corrected chi connectivity index (χ2v) is 6.05. The third-order valence-electron chi connectivity index (χ3n) is 3.69. The molecule has 2 nitrogen and oxygen atoms in total. The Hall–Kier alpha value is -1.39. The van der Waals surface area contributed by atoms with E-state index in [0.29, 0.717) is 6.42 Å². The molecule has 1 aliphatic rings. The van der Waals surface area contributed by atoms with E-state index in [1.165, 1.54) is 12.1 Å². The molecule has 4 heteroatoms. The molecule has 0 aliphatic carbocycles. The zero-order valence-corrected chi connectivity index (χ0v) is 12.7. The van der Waals surface area contributed by atoms with Crippen molar-refractivity contribution in [3.05, 3.63) is 63.4 Å². The molecule has 0 saturated heterocycles. The van der Waals surface area contributed by atoms with Crippen molar-refractivity contribution in [1.29, 1.82) is 0 Å². The van der Waals surface area contributed by atoms with Crippen LogP contribution in [0.1, 0.15) is 35.3 Å². The summed E-state index contributed by atoms with van der Waals surface area (Å²) in [7, 11) is 0. The molecule has 0 saturated carbocycles. The highest BCUT2D eigenvalue weighted by molar-refractivity contribution is 9.10. The highest BCUT2D eigenvalue weighted by Crippen LogP contribution is 2.41. The predicted molar refractivity (Wildman–Crippen MR) is 80.2 cm³/mol. The first-order chi connectivity index (χ1) is 9.54. The summed E-state index contributed by atoms with van der Waals surface area (Å²) in [5.41, 5.74) is 9.14. The fourth-order valence-corrected chi connectivity index (χ4v) is 3.04. The number of fused-ring (bicyclic) bond motifs is 1. The van der Waals surface area contributed by atoms with Crippen molar-refractivity contribution in [2.45, 2.75) is 25.5 Å². The van der Waals surface area contributed by atoms with E-state index in [-0.39, 0.29) is 18.0 Å². The van der Waals surface area contributed by atoms with Crippen LogP contribution in [0.4, 0.5) is 4.39 Å². The number of rotatable bonds is 1. The summed E-state index contributed by atoms with van der Waals surface area (Å²) < 4.78 is 20.2. The van der Waals surface area contributed by atoms with E-state index < -0.39 is 0 Å². The minimum Gasteiger partial charge on any atom is -0.485 e. The van der Waals surface area contributed by atoms with Crippen molar-refractivity contribution in [2.75, 3.05) is 0 Å². The minimum absolute atomic E-state index is 0.0781. The lowest BCUT2D eigenvalue weighted by Crippen LogP contribution is -2.24. The maximum atomic E-state index is 13.2. The van der Waals surface area contributed by atoms with E-state index in [9.17, 15) is 4.39 Å². The van der Waals surface area contributed by atoms with Gasteiger partial charge in [0.05, 0.1) is 0 Å². The van der Waals surface area contributed by atoms with Gasteiger partial charge < -0.3 is 10.5 Å². The molecule has 2 aromatic rings. The molecule has 104 valence electrons. The molecule has 3 rings (SSSR count). The third-order valence-corrected chi connectivity index (χ3v) is 4.18. The van der Waals surface area contributed by atoms with Crippen LogP contribution in [0.5, 0.6) is 5.75 Å². The monoisotopic (exact) mass is 335 g/mol. The van der Waals surface area contributed by atoms with Crippen LogP contribution in [-0.4, -0.2) is 0 Å². The summed E-state index contributed by atoms with van der Waals surface area (Å²) in [6.07, 6.45) is 0.565. The third kappa shape index (κ3) is 2.45. The molecule has 0 amide bonds. The smallest absolute Gasteiger partial charge is 0.126 e. The molecule has 0 bridgehead atoms. The van der Waals surface area contributed by atoms with Gasteiger partial charge in [0.2, 0.25) is 0 Å². The molecule has 1 heterocycles. The highest BCUT2D eigenvalue weighted by Gasteiger charge is 2.28. The Morgan fingerprint density at radius 3 is 2.75 bits per heavy atom. The number of aryl methyl sites for hydroxylation is 1. The predicted octanol–water partition coefficient (Wildman–Crippen LogP) is 4.42. The van der Waals surface area contributed by atoms with Crippen molar-refractivity contribution >= 4 is 15.9 Å². The maximum Gasteiger partial charge on any atom is 0.126 e. The molecule has 2 aromatic carbocycles. The summed E-state index contributed by atoms with van der Waals surface area (Å²) in [5.74, 6) is 0.580. The van der Waals surface area contributed by atoms with Crippen LogP contribution in [0.25, 0.3) is 0 Å². The van der Waals surface area contributed by atoms with Crippen LogP contribution in [0, 0.1) is 12.7 Å². The van der Waals surface area contributed by atoms with E-state index in [1.807, 2.05) is 25.1 Å². The summed E-state index contributed by atoms with van der Waals surface area (Å²) >= 11 is 3.44. The van der Waals surface area contributed by atoms with Gasteiger partial charge >= 0.3 is 0 Å². The number of hydrogen-bond donors (Lipinski definition) is 1. The van der Waals surface area contributed by atoms with Gasteiger partial charge in [-0.05, 0) is 48.4 Å². The van der Waals surface area contributed by atoms with Crippen molar-refractivity contribution < 1.29 is 9.13 Å². The van der Waals surface area contributed by atoms with E-state index in [1.54, 1.807) is 6.07 Å². The Labute approximate surface area is 125 Å². The molecule has 0 radical (unpaired) electrons. The van der Waals surface area contributed by atoms with Crippen molar-refractivity contribution in [2.24, 2.45) is 5.73 Å². The average Bonchev–Trinajstić information content (AvgIpc) is 2.39. The Kier molecular flexibility index (Phi) is 3.52. The van der Waals surface area contributed by atoms with Gasteiger partial charge in [-0.15, -0.1) is 0 Å². The molecule has 1 aliphatic heterocycles. The van der Waals surface area contributed by atoms with Crippen molar-refractivity contribution in [3.63, 3.8) is 0 Å². The minimum atomic E-state index is -0.226. The lowest BCUT2D eigenvalue weighted by molar-refractivity contribution is 0.161. The van der Waals surface area contributed by atoms with Gasteiger partial charge in [0, 0.05) is 22.5 Å². The fourth-order valence-electron chi connectivity index (χ4n) is 2.67. The van der Waals surface area contributed by atoms with Gasteiger partial charge in [-0.2, -0.15) is 0 Å². The topological polar surface area (TPSA) is 35.2 Å². The van der Waals surface area contributed by atoms with Crippen LogP contribution < -0.4 is 10.5 Å². The van der Waals surface area contributed by atoms with Gasteiger partial charge in [-0.1, -0.05) is 22.0 Å². The molecule has 1 unspecified atom stereocenters. The SMILES string of the molecule is Cc1cc(F)ccc1C1C[C@H](N)c2cc(Br)ccc2O1. The first-order valence-electron chi connectivity index (χ1n) is 6.52. The number of halogens is 2. The molecule has 2 atom stereocenters. The van der Waals surface area contributed by atoms with E-state index in [0.717, 1.165) is 26.9 Å². The van der Waals surface area contributed by atoms with E-state index in [2.05, 4.69) is 15.9 Å². The largest absolute Gasteiger partial charge is 0.485 e. The Balaban J connectivity index is 1.97. The molecule has 2 N–H and O–H groups in total. The zero-order chi connectivity index (χ0) is 14.3. The molecule has 20 heavy (non-hydrogen) atoms. The van der Waals surface area contributed by atoms with Crippen molar-refractivity contribution in [3.8, 4) is 5.75 Å². The number of nitrogens with two attached hydrogens (primary N) is 1. The average molecular weight is 336 g/mol. The van der Waals surface area contributed by atoms with Gasteiger partial charge in [0.25, 0.3) is 0 Å². The van der Waals surface area contributed by atoms with E-state index >= 15 is 0 Å². The van der Waals surface area contributed by atoms with Crippen LogP contribution in [-0.2, 0) is 0 Å². The van der Waals surface area contributed by atoms with Crippen LogP contribution in [0.15, 0.2) is 40.9 Å². The summed E-state index contributed by atoms with van der Waals surface area (Å²) in [6, 6.07) is 10.6. The lowest BCUT2D eigenvalue weighted by atomic mass is 9.92. The fraction of sp³-hybridized carbons (Fsp3) is 0.250. The molecule has 0 spiro atoms. The quantitative estimate of drug-likeness (QED) is 0.837. The standard InChI is InChI=1S/C16H15BrFNO/c1-9-6-11(18)3-4-12(9)16-8-14(19)13-7-10(17)2-5-15(13)20-16/h2-7,14,16H,8,19H2,1H3/t14-,16?/m0/s1. The first-order valence-corrected chi connectivity index (χ1v) is 7.31. The first kappa shape index (κ1) is 13.6.